The van der Waals surface area contributed by atoms with E-state index >= 15 is 0 Å². The first kappa shape index (κ1) is 11.7. The lowest BCUT2D eigenvalue weighted by molar-refractivity contribution is -0.412. The Morgan fingerprint density at radius 1 is 1.53 bits per heavy atom. The molecule has 88 valence electrons. The van der Waals surface area contributed by atoms with E-state index in [-0.39, 0.29) is 0 Å². The third-order valence-electron chi connectivity index (χ3n) is 2.38. The van der Waals surface area contributed by atoms with E-state index in [1.165, 1.54) is 16.6 Å². The van der Waals surface area contributed by atoms with Gasteiger partial charge in [0.25, 0.3) is 0 Å². The number of nitrogens with zero attached hydrogens (tertiary/aromatic N) is 3. The van der Waals surface area contributed by atoms with E-state index in [1.807, 2.05) is 11.5 Å². The average Bonchev–Trinajstić information content (AvgIpc) is 2.68. The first-order valence-electron chi connectivity index (χ1n) is 5.32. The number of rotatable bonds is 3. The molecule has 4 nitrogen and oxygen atoms in total. The standard InChI is InChI=1S/C12H14N4S/c1-9-15-11-5-10(3-4-12(11)17-9)6-16(7-13)8-14-2/h3-5,7-8,13H,6H2,1-2H3/p+1. The molecule has 0 aliphatic rings. The number of thiazole rings is 1. The summed E-state index contributed by atoms with van der Waals surface area (Å²) in [5.41, 5.74) is 7.74. The quantitative estimate of drug-likeness (QED) is 0.510. The maximum Gasteiger partial charge on any atom is 0.219 e. The topological polar surface area (TPSA) is 54.3 Å². The van der Waals surface area contributed by atoms with Crippen LogP contribution in [0.15, 0.2) is 23.2 Å². The highest BCUT2D eigenvalue weighted by Crippen LogP contribution is 2.22. The van der Waals surface area contributed by atoms with Gasteiger partial charge in [0.05, 0.1) is 28.8 Å². The highest BCUT2D eigenvalue weighted by molar-refractivity contribution is 7.18. The lowest BCUT2D eigenvalue weighted by atomic mass is 10.2. The van der Waals surface area contributed by atoms with Gasteiger partial charge in [-0.25, -0.2) is 9.56 Å². The second-order valence-corrected chi connectivity index (χ2v) is 4.96. The largest absolute Gasteiger partial charge is 0.325 e. The molecule has 0 unspecified atom stereocenters. The molecule has 0 radical (unpaired) electrons. The zero-order chi connectivity index (χ0) is 12.3. The predicted octanol–water partition coefficient (Wildman–Crippen LogP) is 1.76. The van der Waals surface area contributed by atoms with Crippen molar-refractivity contribution < 1.29 is 4.58 Å². The van der Waals surface area contributed by atoms with E-state index in [4.69, 9.17) is 5.73 Å². The molecule has 1 heterocycles. The van der Waals surface area contributed by atoms with E-state index < -0.39 is 0 Å². The smallest absolute Gasteiger partial charge is 0.219 e. The summed E-state index contributed by atoms with van der Waals surface area (Å²) in [5.74, 6) is 0. The predicted molar refractivity (Wildman–Crippen MR) is 73.0 cm³/mol. The second-order valence-electron chi connectivity index (χ2n) is 3.73. The molecule has 2 rings (SSSR count). The Morgan fingerprint density at radius 3 is 3.06 bits per heavy atom. The Hall–Kier alpha value is -1.75. The third-order valence-corrected chi connectivity index (χ3v) is 3.33. The Labute approximate surface area is 104 Å². The summed E-state index contributed by atoms with van der Waals surface area (Å²) in [4.78, 5) is 8.42. The molecule has 0 saturated carbocycles. The zero-order valence-corrected chi connectivity index (χ0v) is 10.7. The Bertz CT molecular complexity index is 583. The summed E-state index contributed by atoms with van der Waals surface area (Å²) >= 11 is 1.71. The number of benzene rings is 1. The minimum absolute atomic E-state index is 0.709. The molecule has 2 aromatic rings. The number of aryl methyl sites for hydroxylation is 1. The van der Waals surface area contributed by atoms with Gasteiger partial charge in [-0.15, -0.1) is 11.3 Å². The lowest BCUT2D eigenvalue weighted by Crippen LogP contribution is -2.15. The SMILES string of the molecule is CN=C[N+](=CN)Cc1ccc2sc(C)nc2c1. The van der Waals surface area contributed by atoms with Gasteiger partial charge in [-0.1, -0.05) is 6.07 Å². The summed E-state index contributed by atoms with van der Waals surface area (Å²) in [5, 5.41) is 1.09. The summed E-state index contributed by atoms with van der Waals surface area (Å²) in [6.45, 7) is 2.73. The molecule has 5 heteroatoms. The highest BCUT2D eigenvalue weighted by Gasteiger charge is 2.03. The lowest BCUT2D eigenvalue weighted by Gasteiger charge is -2.01. The van der Waals surface area contributed by atoms with Gasteiger partial charge >= 0.3 is 0 Å². The molecule has 1 aromatic carbocycles. The monoisotopic (exact) mass is 247 g/mol. The van der Waals surface area contributed by atoms with Gasteiger partial charge in [0.2, 0.25) is 6.34 Å². The zero-order valence-electron chi connectivity index (χ0n) is 9.92. The Morgan fingerprint density at radius 2 is 2.35 bits per heavy atom. The summed E-state index contributed by atoms with van der Waals surface area (Å²) < 4.78 is 3.05. The maximum atomic E-state index is 5.52. The molecule has 0 spiro atoms. The highest BCUT2D eigenvalue weighted by atomic mass is 32.1. The fourth-order valence-corrected chi connectivity index (χ4v) is 2.49. The first-order chi connectivity index (χ1) is 8.22. The van der Waals surface area contributed by atoms with Crippen LogP contribution in [0.1, 0.15) is 10.6 Å². The van der Waals surface area contributed by atoms with Gasteiger partial charge < -0.3 is 5.73 Å². The number of hydrogen-bond acceptors (Lipinski definition) is 3. The van der Waals surface area contributed by atoms with Crippen molar-refractivity contribution in [1.29, 1.82) is 0 Å². The molecule has 0 bridgehead atoms. The van der Waals surface area contributed by atoms with Crippen LogP contribution in [0.4, 0.5) is 0 Å². The van der Waals surface area contributed by atoms with Crippen molar-refractivity contribution in [3.05, 3.63) is 28.8 Å². The van der Waals surface area contributed by atoms with Gasteiger partial charge in [0.15, 0.2) is 6.34 Å². The average molecular weight is 247 g/mol. The van der Waals surface area contributed by atoms with Crippen molar-refractivity contribution >= 4 is 34.2 Å². The molecule has 0 fully saturated rings. The van der Waals surface area contributed by atoms with Crippen LogP contribution in [-0.4, -0.2) is 29.3 Å². The van der Waals surface area contributed by atoms with Crippen molar-refractivity contribution in [2.24, 2.45) is 10.7 Å². The summed E-state index contributed by atoms with van der Waals surface area (Å²) in [7, 11) is 1.73. The summed E-state index contributed by atoms with van der Waals surface area (Å²) in [6, 6.07) is 6.30. The van der Waals surface area contributed by atoms with Crippen LogP contribution in [-0.2, 0) is 6.54 Å². The summed E-state index contributed by atoms with van der Waals surface area (Å²) in [6.07, 6.45) is 3.22. The van der Waals surface area contributed by atoms with Crippen LogP contribution in [0.2, 0.25) is 0 Å². The van der Waals surface area contributed by atoms with Crippen molar-refractivity contribution in [3.63, 3.8) is 0 Å². The molecule has 17 heavy (non-hydrogen) atoms. The van der Waals surface area contributed by atoms with Gasteiger partial charge in [-0.05, 0) is 24.6 Å². The minimum atomic E-state index is 0.709. The number of nitrogens with two attached hydrogens (primary N) is 1. The van der Waals surface area contributed by atoms with Crippen LogP contribution in [0, 0.1) is 6.92 Å². The fraction of sp³-hybridized carbons (Fsp3) is 0.250. The molecular formula is C12H15N4S+. The number of aromatic nitrogens is 1. The molecule has 0 aliphatic heterocycles. The third kappa shape index (κ3) is 2.68. The first-order valence-corrected chi connectivity index (χ1v) is 6.13. The van der Waals surface area contributed by atoms with Gasteiger partial charge in [0, 0.05) is 0 Å². The normalized spacial score (nSPS) is 12.7. The van der Waals surface area contributed by atoms with E-state index in [9.17, 15) is 0 Å². The van der Waals surface area contributed by atoms with Crippen molar-refractivity contribution in [2.75, 3.05) is 7.05 Å². The van der Waals surface area contributed by atoms with Crippen LogP contribution < -0.4 is 5.73 Å². The van der Waals surface area contributed by atoms with Gasteiger partial charge in [-0.2, -0.15) is 4.99 Å². The molecule has 0 atom stereocenters. The van der Waals surface area contributed by atoms with E-state index in [1.54, 1.807) is 24.7 Å². The van der Waals surface area contributed by atoms with E-state index in [0.29, 0.717) is 6.54 Å². The van der Waals surface area contributed by atoms with Crippen molar-refractivity contribution in [2.45, 2.75) is 13.5 Å². The maximum absolute atomic E-state index is 5.52. The van der Waals surface area contributed by atoms with Crippen molar-refractivity contribution in [1.82, 2.24) is 4.98 Å². The molecule has 2 N–H and O–H groups in total. The molecule has 0 amide bonds. The minimum Gasteiger partial charge on any atom is -0.325 e. The number of hydrogen-bond donors (Lipinski definition) is 1. The molecule has 1 aromatic heterocycles. The van der Waals surface area contributed by atoms with Crippen molar-refractivity contribution in [3.8, 4) is 0 Å². The van der Waals surface area contributed by atoms with Crippen LogP contribution >= 0.6 is 11.3 Å². The molecule has 0 aliphatic carbocycles. The Balaban J connectivity index is 2.30. The second kappa shape index (κ2) is 5.05. The van der Waals surface area contributed by atoms with E-state index in [0.717, 1.165) is 10.5 Å². The van der Waals surface area contributed by atoms with Gasteiger partial charge in [0.1, 0.15) is 0 Å². The Kier molecular flexibility index (Phi) is 3.49. The van der Waals surface area contributed by atoms with Crippen LogP contribution in [0.3, 0.4) is 0 Å². The van der Waals surface area contributed by atoms with Crippen LogP contribution in [0.5, 0.6) is 0 Å². The number of fused-ring (bicyclic) bond motifs is 1. The van der Waals surface area contributed by atoms with E-state index in [2.05, 4.69) is 28.2 Å². The molecule has 0 saturated heterocycles. The molecular weight excluding hydrogens is 232 g/mol. The number of aliphatic imine (C=N–C) groups is 1. The van der Waals surface area contributed by atoms with Crippen LogP contribution in [0.25, 0.3) is 10.2 Å². The van der Waals surface area contributed by atoms with Gasteiger partial charge in [-0.3, -0.25) is 0 Å². The fourth-order valence-electron chi connectivity index (χ4n) is 1.68.